The van der Waals surface area contributed by atoms with Crippen LogP contribution in [0, 0.1) is 5.92 Å². The van der Waals surface area contributed by atoms with Gasteiger partial charge < -0.3 is 19.8 Å². The standard InChI is InChI=1S/C15H23NO.C7H5ClO3/c1-10(2)12-7-6-8-13-15(12)17-14(11(3)4)9-16(13)5;8-5-1-4(3-9)2-6(10)7(5)11/h6-8,10-11,14H,9H2,1-5H3;1-3,10-11H. The van der Waals surface area contributed by atoms with Crippen molar-refractivity contribution in [2.24, 2.45) is 5.92 Å². The Bertz CT molecular complexity index is 798. The maximum Gasteiger partial charge on any atom is 0.176 e. The fraction of sp³-hybridized carbons (Fsp3) is 0.409. The molecule has 1 aliphatic heterocycles. The third kappa shape index (κ3) is 4.90. The van der Waals surface area contributed by atoms with Crippen LogP contribution in [0.2, 0.25) is 5.02 Å². The molecule has 3 rings (SSSR count). The molecule has 152 valence electrons. The number of halogens is 1. The minimum atomic E-state index is -0.405. The maximum atomic E-state index is 10.2. The number of ether oxygens (including phenoxy) is 1. The van der Waals surface area contributed by atoms with Crippen LogP contribution in [0.25, 0.3) is 0 Å². The van der Waals surface area contributed by atoms with E-state index >= 15 is 0 Å². The summed E-state index contributed by atoms with van der Waals surface area (Å²) in [6.45, 7) is 9.87. The number of benzene rings is 2. The quantitative estimate of drug-likeness (QED) is 0.540. The van der Waals surface area contributed by atoms with Crippen molar-refractivity contribution in [3.05, 3.63) is 46.5 Å². The number of rotatable bonds is 3. The molecule has 1 atom stereocenters. The normalized spacial score (nSPS) is 15.6. The number of para-hydroxylation sites is 1. The van der Waals surface area contributed by atoms with Gasteiger partial charge >= 0.3 is 0 Å². The number of phenols is 2. The second-order valence-corrected chi connectivity index (χ2v) is 8.03. The van der Waals surface area contributed by atoms with Crippen LogP contribution in [0.4, 0.5) is 5.69 Å². The lowest BCUT2D eigenvalue weighted by Gasteiger charge is -2.37. The zero-order valence-corrected chi connectivity index (χ0v) is 17.7. The van der Waals surface area contributed by atoms with Gasteiger partial charge in [-0.15, -0.1) is 0 Å². The molecule has 0 bridgehead atoms. The third-order valence-corrected chi connectivity index (χ3v) is 5.01. The van der Waals surface area contributed by atoms with Crippen LogP contribution >= 0.6 is 11.6 Å². The fourth-order valence-corrected chi connectivity index (χ4v) is 3.23. The smallest absolute Gasteiger partial charge is 0.176 e. The monoisotopic (exact) mass is 405 g/mol. The van der Waals surface area contributed by atoms with Gasteiger partial charge in [0.2, 0.25) is 0 Å². The molecule has 1 heterocycles. The molecular weight excluding hydrogens is 378 g/mol. The van der Waals surface area contributed by atoms with E-state index in [1.165, 1.54) is 17.3 Å². The first kappa shape index (κ1) is 21.9. The molecule has 1 aliphatic rings. The van der Waals surface area contributed by atoms with Gasteiger partial charge in [0.05, 0.1) is 17.3 Å². The highest BCUT2D eigenvalue weighted by Gasteiger charge is 2.27. The number of likely N-dealkylation sites (N-methyl/N-ethyl adjacent to an activating group) is 1. The molecule has 2 aromatic carbocycles. The average molecular weight is 406 g/mol. The zero-order valence-electron chi connectivity index (χ0n) is 16.9. The predicted octanol–water partition coefficient (Wildman–Crippen LogP) is 5.23. The first-order valence-corrected chi connectivity index (χ1v) is 9.70. The fourth-order valence-electron chi connectivity index (χ4n) is 3.00. The Morgan fingerprint density at radius 1 is 1.21 bits per heavy atom. The van der Waals surface area contributed by atoms with Crippen LogP contribution in [0.5, 0.6) is 17.2 Å². The molecule has 0 radical (unpaired) electrons. The van der Waals surface area contributed by atoms with E-state index in [0.717, 1.165) is 18.4 Å². The van der Waals surface area contributed by atoms with Gasteiger partial charge in [0.25, 0.3) is 0 Å². The van der Waals surface area contributed by atoms with Gasteiger partial charge in [-0.25, -0.2) is 0 Å². The summed E-state index contributed by atoms with van der Waals surface area (Å²) in [7, 11) is 2.15. The van der Waals surface area contributed by atoms with Crippen LogP contribution in [0.15, 0.2) is 30.3 Å². The number of fused-ring (bicyclic) bond motifs is 1. The van der Waals surface area contributed by atoms with E-state index in [4.69, 9.17) is 26.6 Å². The Kier molecular flexibility index (Phi) is 7.19. The summed E-state index contributed by atoms with van der Waals surface area (Å²) in [6, 6.07) is 8.86. The van der Waals surface area contributed by atoms with Gasteiger partial charge in [-0.1, -0.05) is 51.4 Å². The lowest BCUT2D eigenvalue weighted by atomic mass is 9.98. The number of nitrogens with zero attached hydrogens (tertiary/aromatic N) is 1. The molecule has 2 aromatic rings. The van der Waals surface area contributed by atoms with Gasteiger partial charge in [0, 0.05) is 12.6 Å². The molecule has 0 fully saturated rings. The van der Waals surface area contributed by atoms with E-state index in [1.807, 2.05) is 0 Å². The number of hydrogen-bond donors (Lipinski definition) is 2. The Balaban J connectivity index is 0.000000221. The van der Waals surface area contributed by atoms with E-state index < -0.39 is 5.75 Å². The number of aromatic hydroxyl groups is 2. The Morgan fingerprint density at radius 3 is 2.43 bits per heavy atom. The number of aldehydes is 1. The van der Waals surface area contributed by atoms with E-state index in [2.05, 4.69) is 57.8 Å². The van der Waals surface area contributed by atoms with E-state index in [0.29, 0.717) is 24.2 Å². The lowest BCUT2D eigenvalue weighted by Crippen LogP contribution is -2.41. The largest absolute Gasteiger partial charge is 0.504 e. The lowest BCUT2D eigenvalue weighted by molar-refractivity contribution is 0.112. The van der Waals surface area contributed by atoms with Gasteiger partial charge in [-0.2, -0.15) is 0 Å². The Labute approximate surface area is 171 Å². The summed E-state index contributed by atoms with van der Waals surface area (Å²) in [4.78, 5) is 12.5. The molecule has 0 aromatic heterocycles. The van der Waals surface area contributed by atoms with Crippen molar-refractivity contribution in [2.45, 2.75) is 39.7 Å². The SMILES string of the molecule is CC(C)c1cccc2c1OC(C(C)C)CN2C.O=Cc1cc(O)c(O)c(Cl)c1. The van der Waals surface area contributed by atoms with Gasteiger partial charge in [0.1, 0.15) is 18.1 Å². The zero-order chi connectivity index (χ0) is 21.0. The Hall–Kier alpha value is -2.40. The summed E-state index contributed by atoms with van der Waals surface area (Å²) in [5, 5.41) is 17.8. The van der Waals surface area contributed by atoms with Crippen molar-refractivity contribution in [1.29, 1.82) is 0 Å². The topological polar surface area (TPSA) is 70.0 Å². The Morgan fingerprint density at radius 2 is 1.89 bits per heavy atom. The molecular formula is C22H28ClNO4. The van der Waals surface area contributed by atoms with Crippen LogP contribution in [-0.2, 0) is 0 Å². The second kappa shape index (κ2) is 9.20. The minimum Gasteiger partial charge on any atom is -0.504 e. The number of phenolic OH excluding ortho intramolecular Hbond substituents is 2. The van der Waals surface area contributed by atoms with Crippen LogP contribution < -0.4 is 9.64 Å². The van der Waals surface area contributed by atoms with Crippen molar-refractivity contribution in [3.63, 3.8) is 0 Å². The summed E-state index contributed by atoms with van der Waals surface area (Å²) >= 11 is 5.43. The summed E-state index contributed by atoms with van der Waals surface area (Å²) in [6.07, 6.45) is 0.831. The molecule has 28 heavy (non-hydrogen) atoms. The molecule has 2 N–H and O–H groups in total. The van der Waals surface area contributed by atoms with Crippen molar-refractivity contribution in [2.75, 3.05) is 18.5 Å². The number of hydrogen-bond acceptors (Lipinski definition) is 5. The number of anilines is 1. The van der Waals surface area contributed by atoms with Gasteiger partial charge in [-0.05, 0) is 35.6 Å². The molecule has 6 heteroatoms. The van der Waals surface area contributed by atoms with Gasteiger partial charge in [0.15, 0.2) is 11.5 Å². The van der Waals surface area contributed by atoms with Crippen molar-refractivity contribution in [3.8, 4) is 17.2 Å². The molecule has 0 aliphatic carbocycles. The predicted molar refractivity (Wildman–Crippen MR) is 113 cm³/mol. The van der Waals surface area contributed by atoms with E-state index in [-0.39, 0.29) is 16.3 Å². The van der Waals surface area contributed by atoms with Crippen molar-refractivity contribution in [1.82, 2.24) is 0 Å². The van der Waals surface area contributed by atoms with Gasteiger partial charge in [-0.3, -0.25) is 4.79 Å². The number of carbonyl (C=O) groups excluding carboxylic acids is 1. The third-order valence-electron chi connectivity index (χ3n) is 4.73. The first-order valence-electron chi connectivity index (χ1n) is 9.33. The highest BCUT2D eigenvalue weighted by atomic mass is 35.5. The molecule has 0 amide bonds. The molecule has 0 spiro atoms. The van der Waals surface area contributed by atoms with Crippen LogP contribution in [-0.4, -0.2) is 36.2 Å². The summed E-state index contributed by atoms with van der Waals surface area (Å²) in [5.41, 5.74) is 2.78. The van der Waals surface area contributed by atoms with Crippen molar-refractivity contribution < 1.29 is 19.7 Å². The second-order valence-electron chi connectivity index (χ2n) is 7.62. The molecule has 1 unspecified atom stereocenters. The van der Waals surface area contributed by atoms with Crippen LogP contribution in [0.3, 0.4) is 0 Å². The minimum absolute atomic E-state index is 0.0351. The molecule has 5 nitrogen and oxygen atoms in total. The highest BCUT2D eigenvalue weighted by molar-refractivity contribution is 6.32. The molecule has 0 saturated heterocycles. The van der Waals surface area contributed by atoms with Crippen molar-refractivity contribution >= 4 is 23.6 Å². The van der Waals surface area contributed by atoms with E-state index in [1.54, 1.807) is 0 Å². The van der Waals surface area contributed by atoms with Crippen LogP contribution in [0.1, 0.15) is 49.5 Å². The highest BCUT2D eigenvalue weighted by Crippen LogP contribution is 2.40. The first-order chi connectivity index (χ1) is 13.1. The average Bonchev–Trinajstić information content (AvgIpc) is 2.65. The maximum absolute atomic E-state index is 10.2. The van der Waals surface area contributed by atoms with E-state index in [9.17, 15) is 4.79 Å². The number of carbonyl (C=O) groups is 1. The molecule has 0 saturated carbocycles. The summed E-state index contributed by atoms with van der Waals surface area (Å²) in [5.74, 6) is 1.35. The summed E-state index contributed by atoms with van der Waals surface area (Å²) < 4.78 is 6.21.